The van der Waals surface area contributed by atoms with Crippen LogP contribution in [-0.4, -0.2) is 16.1 Å². The highest BCUT2D eigenvalue weighted by molar-refractivity contribution is 7.15. The molecule has 0 fully saturated rings. The number of aryl methyl sites for hydroxylation is 1. The number of rotatable bonds is 6. The minimum atomic E-state index is -0.105. The van der Waals surface area contributed by atoms with Gasteiger partial charge >= 0.3 is 0 Å². The zero-order valence-corrected chi connectivity index (χ0v) is 14.9. The number of furan rings is 1. The Kier molecular flexibility index (Phi) is 4.94. The molecule has 2 aromatic heterocycles. The molecule has 2 heterocycles. The standard InChI is InChI=1S/C18H21N3O2S/c1-4-5-17-20-21-18(24-17)19-16(22)9-13-10-23-15-7-6-12(11(2)3)8-14(13)15/h6-8,10-11H,4-5,9H2,1-3H3,(H,19,21,22). The number of carbonyl (C=O) groups is 1. The molecule has 3 rings (SSSR count). The first-order chi connectivity index (χ1) is 11.6. The second-order valence-corrected chi connectivity index (χ2v) is 7.21. The van der Waals surface area contributed by atoms with Gasteiger partial charge in [-0.25, -0.2) is 0 Å². The minimum Gasteiger partial charge on any atom is -0.464 e. The summed E-state index contributed by atoms with van der Waals surface area (Å²) in [5, 5.41) is 13.4. The molecule has 0 aliphatic rings. The van der Waals surface area contributed by atoms with E-state index in [4.69, 9.17) is 4.42 Å². The molecule has 3 aromatic rings. The summed E-state index contributed by atoms with van der Waals surface area (Å²) in [6, 6.07) is 6.14. The third-order valence-corrected chi connectivity index (χ3v) is 4.77. The molecule has 1 amide bonds. The maximum absolute atomic E-state index is 12.3. The van der Waals surface area contributed by atoms with E-state index in [-0.39, 0.29) is 12.3 Å². The third-order valence-electron chi connectivity index (χ3n) is 3.87. The van der Waals surface area contributed by atoms with E-state index in [1.54, 1.807) is 6.26 Å². The van der Waals surface area contributed by atoms with Crippen LogP contribution in [0.3, 0.4) is 0 Å². The van der Waals surface area contributed by atoms with Crippen LogP contribution < -0.4 is 5.32 Å². The number of anilines is 1. The first-order valence-electron chi connectivity index (χ1n) is 8.19. The Bertz CT molecular complexity index is 851. The van der Waals surface area contributed by atoms with E-state index in [1.165, 1.54) is 16.9 Å². The molecule has 0 aliphatic heterocycles. The average Bonchev–Trinajstić information content (AvgIpc) is 3.14. The fourth-order valence-corrected chi connectivity index (χ4v) is 3.41. The van der Waals surface area contributed by atoms with Gasteiger partial charge in [-0.05, 0) is 30.0 Å². The monoisotopic (exact) mass is 343 g/mol. The first-order valence-corrected chi connectivity index (χ1v) is 9.00. The van der Waals surface area contributed by atoms with Gasteiger partial charge < -0.3 is 9.73 Å². The Labute approximate surface area is 145 Å². The van der Waals surface area contributed by atoms with Crippen LogP contribution in [0.25, 0.3) is 11.0 Å². The number of amides is 1. The number of nitrogens with zero attached hydrogens (tertiary/aromatic N) is 2. The number of carbonyl (C=O) groups excluding carboxylic acids is 1. The van der Waals surface area contributed by atoms with Gasteiger partial charge in [-0.2, -0.15) is 0 Å². The molecule has 0 bridgehead atoms. The van der Waals surface area contributed by atoms with Crippen molar-refractivity contribution in [1.29, 1.82) is 0 Å². The van der Waals surface area contributed by atoms with Crippen molar-refractivity contribution in [2.45, 2.75) is 46.0 Å². The summed E-state index contributed by atoms with van der Waals surface area (Å²) >= 11 is 1.43. The maximum atomic E-state index is 12.3. The van der Waals surface area contributed by atoms with Gasteiger partial charge in [0.1, 0.15) is 10.6 Å². The third kappa shape index (κ3) is 3.64. The van der Waals surface area contributed by atoms with E-state index in [0.717, 1.165) is 34.4 Å². The first kappa shape index (κ1) is 16.6. The Morgan fingerprint density at radius 2 is 2.17 bits per heavy atom. The number of nitrogens with one attached hydrogen (secondary N) is 1. The van der Waals surface area contributed by atoms with E-state index in [0.29, 0.717) is 11.0 Å². The molecule has 5 nitrogen and oxygen atoms in total. The van der Waals surface area contributed by atoms with Crippen molar-refractivity contribution >= 4 is 33.3 Å². The predicted octanol–water partition coefficient (Wildman–Crippen LogP) is 4.54. The van der Waals surface area contributed by atoms with E-state index in [1.807, 2.05) is 6.07 Å². The van der Waals surface area contributed by atoms with Crippen molar-refractivity contribution in [3.8, 4) is 0 Å². The quantitative estimate of drug-likeness (QED) is 0.713. The molecule has 6 heteroatoms. The zero-order valence-electron chi connectivity index (χ0n) is 14.1. The Morgan fingerprint density at radius 3 is 2.92 bits per heavy atom. The van der Waals surface area contributed by atoms with Gasteiger partial charge in [-0.1, -0.05) is 38.2 Å². The van der Waals surface area contributed by atoms with Crippen LogP contribution in [-0.2, 0) is 17.6 Å². The summed E-state index contributed by atoms with van der Waals surface area (Å²) in [6.07, 6.45) is 3.83. The lowest BCUT2D eigenvalue weighted by molar-refractivity contribution is -0.115. The molecule has 126 valence electrons. The van der Waals surface area contributed by atoms with Crippen LogP contribution in [0.15, 0.2) is 28.9 Å². The van der Waals surface area contributed by atoms with Gasteiger partial charge in [-0.15, -0.1) is 10.2 Å². The van der Waals surface area contributed by atoms with Gasteiger partial charge in [0, 0.05) is 17.4 Å². The van der Waals surface area contributed by atoms with E-state index < -0.39 is 0 Å². The number of fused-ring (bicyclic) bond motifs is 1. The van der Waals surface area contributed by atoms with Crippen molar-refractivity contribution in [2.24, 2.45) is 0 Å². The molecular formula is C18H21N3O2S. The van der Waals surface area contributed by atoms with Crippen molar-refractivity contribution in [3.63, 3.8) is 0 Å². The van der Waals surface area contributed by atoms with Gasteiger partial charge in [-0.3, -0.25) is 4.79 Å². The summed E-state index contributed by atoms with van der Waals surface area (Å²) in [5.74, 6) is 0.330. The molecule has 1 aromatic carbocycles. The van der Waals surface area contributed by atoms with E-state index in [9.17, 15) is 4.79 Å². The summed E-state index contributed by atoms with van der Waals surface area (Å²) < 4.78 is 5.57. The van der Waals surface area contributed by atoms with Gasteiger partial charge in [0.15, 0.2) is 0 Å². The zero-order chi connectivity index (χ0) is 17.1. The van der Waals surface area contributed by atoms with Crippen LogP contribution in [0.5, 0.6) is 0 Å². The highest BCUT2D eigenvalue weighted by Gasteiger charge is 2.14. The van der Waals surface area contributed by atoms with Crippen molar-refractivity contribution in [2.75, 3.05) is 5.32 Å². The summed E-state index contributed by atoms with van der Waals surface area (Å²) in [5.41, 5.74) is 2.94. The van der Waals surface area contributed by atoms with Crippen LogP contribution in [0.2, 0.25) is 0 Å². The molecule has 0 spiro atoms. The molecule has 0 saturated carbocycles. The summed E-state index contributed by atoms with van der Waals surface area (Å²) in [7, 11) is 0. The lowest BCUT2D eigenvalue weighted by atomic mass is 10.00. The number of benzene rings is 1. The molecule has 0 saturated heterocycles. The Balaban J connectivity index is 1.73. The topological polar surface area (TPSA) is 68.0 Å². The van der Waals surface area contributed by atoms with E-state index in [2.05, 4.69) is 48.4 Å². The van der Waals surface area contributed by atoms with Gasteiger partial charge in [0.25, 0.3) is 0 Å². The number of aromatic nitrogens is 2. The van der Waals surface area contributed by atoms with Crippen LogP contribution >= 0.6 is 11.3 Å². The molecule has 0 atom stereocenters. The smallest absolute Gasteiger partial charge is 0.230 e. The van der Waals surface area contributed by atoms with Crippen molar-refractivity contribution in [3.05, 3.63) is 40.6 Å². The summed E-state index contributed by atoms with van der Waals surface area (Å²) in [4.78, 5) is 12.3. The lowest BCUT2D eigenvalue weighted by Gasteiger charge is -2.05. The SMILES string of the molecule is CCCc1nnc(NC(=O)Cc2coc3ccc(C(C)C)cc23)s1. The second-order valence-electron chi connectivity index (χ2n) is 6.15. The van der Waals surface area contributed by atoms with Crippen molar-refractivity contribution < 1.29 is 9.21 Å². The molecule has 1 N–H and O–H groups in total. The predicted molar refractivity (Wildman–Crippen MR) is 96.5 cm³/mol. The molecule has 0 unspecified atom stereocenters. The normalized spacial score (nSPS) is 11.3. The molecule has 0 radical (unpaired) electrons. The molecular weight excluding hydrogens is 322 g/mol. The van der Waals surface area contributed by atoms with Crippen LogP contribution in [0, 0.1) is 0 Å². The highest BCUT2D eigenvalue weighted by Crippen LogP contribution is 2.26. The van der Waals surface area contributed by atoms with Gasteiger partial charge in [0.2, 0.25) is 11.0 Å². The van der Waals surface area contributed by atoms with Crippen LogP contribution in [0.1, 0.15) is 49.2 Å². The minimum absolute atomic E-state index is 0.105. The fraction of sp³-hybridized carbons (Fsp3) is 0.389. The largest absolute Gasteiger partial charge is 0.464 e. The Morgan fingerprint density at radius 1 is 1.33 bits per heavy atom. The van der Waals surface area contributed by atoms with E-state index >= 15 is 0 Å². The Hall–Kier alpha value is -2.21. The highest BCUT2D eigenvalue weighted by atomic mass is 32.1. The molecule has 24 heavy (non-hydrogen) atoms. The fourth-order valence-electron chi connectivity index (χ4n) is 2.55. The lowest BCUT2D eigenvalue weighted by Crippen LogP contribution is -2.14. The second kappa shape index (κ2) is 7.13. The summed E-state index contributed by atoms with van der Waals surface area (Å²) in [6.45, 7) is 6.39. The number of hydrogen-bond donors (Lipinski definition) is 1. The molecule has 0 aliphatic carbocycles. The average molecular weight is 343 g/mol. The maximum Gasteiger partial charge on any atom is 0.230 e. The van der Waals surface area contributed by atoms with Gasteiger partial charge in [0.05, 0.1) is 12.7 Å². The van der Waals surface area contributed by atoms with Crippen LogP contribution in [0.4, 0.5) is 5.13 Å². The van der Waals surface area contributed by atoms with Crippen molar-refractivity contribution in [1.82, 2.24) is 10.2 Å². The number of hydrogen-bond acceptors (Lipinski definition) is 5.